The van der Waals surface area contributed by atoms with E-state index in [2.05, 4.69) is 31.2 Å². The van der Waals surface area contributed by atoms with Crippen molar-refractivity contribution >= 4 is 0 Å². The Morgan fingerprint density at radius 2 is 2.07 bits per heavy atom. The molecule has 0 amide bonds. The van der Waals surface area contributed by atoms with Gasteiger partial charge in [-0.2, -0.15) is 0 Å². The lowest BCUT2D eigenvalue weighted by atomic mass is 9.73. The van der Waals surface area contributed by atoms with E-state index in [1.54, 1.807) is 0 Å². The molecule has 0 spiro atoms. The molecule has 2 rings (SSSR count). The first-order valence-corrected chi connectivity index (χ1v) is 5.44. The molecule has 0 fully saturated rings. The molecule has 0 aliphatic heterocycles. The number of benzene rings is 1. The fourth-order valence-corrected chi connectivity index (χ4v) is 2.22. The maximum Gasteiger partial charge on any atom is 0.0537 e. The van der Waals surface area contributed by atoms with Crippen molar-refractivity contribution in [2.24, 2.45) is 5.92 Å². The maximum atomic E-state index is 9.44. The van der Waals surface area contributed by atoms with E-state index in [-0.39, 0.29) is 6.10 Å². The standard InChI is InChI=1S/C13H18O/c1-9(10(2)14)7-12-8-11-5-3-4-6-13(11)12/h3-6,9-10,12,14H,7-8H2,1-2H3. The monoisotopic (exact) mass is 190 g/mol. The smallest absolute Gasteiger partial charge is 0.0537 e. The summed E-state index contributed by atoms with van der Waals surface area (Å²) in [4.78, 5) is 0. The summed E-state index contributed by atoms with van der Waals surface area (Å²) in [6, 6.07) is 8.64. The van der Waals surface area contributed by atoms with E-state index in [0.29, 0.717) is 11.8 Å². The molecule has 14 heavy (non-hydrogen) atoms. The van der Waals surface area contributed by atoms with Crippen LogP contribution in [0, 0.1) is 5.92 Å². The van der Waals surface area contributed by atoms with Gasteiger partial charge >= 0.3 is 0 Å². The average Bonchev–Trinajstić information content (AvgIpc) is 2.13. The molecule has 1 aromatic carbocycles. The molecule has 3 atom stereocenters. The number of rotatable bonds is 3. The molecule has 1 N–H and O–H groups in total. The van der Waals surface area contributed by atoms with Crippen molar-refractivity contribution in [2.75, 3.05) is 0 Å². The molecular weight excluding hydrogens is 172 g/mol. The van der Waals surface area contributed by atoms with Gasteiger partial charge in [0.05, 0.1) is 6.10 Å². The molecule has 0 saturated heterocycles. The molecule has 76 valence electrons. The molecule has 1 aliphatic rings. The highest BCUT2D eigenvalue weighted by Crippen LogP contribution is 2.39. The predicted octanol–water partition coefficient (Wildman–Crippen LogP) is 2.73. The van der Waals surface area contributed by atoms with E-state index in [0.717, 1.165) is 6.42 Å². The Hall–Kier alpha value is -0.820. The first kappa shape index (κ1) is 9.72. The summed E-state index contributed by atoms with van der Waals surface area (Å²) in [5.41, 5.74) is 3.00. The van der Waals surface area contributed by atoms with Crippen molar-refractivity contribution in [3.63, 3.8) is 0 Å². The molecule has 0 saturated carbocycles. The molecule has 0 heterocycles. The fraction of sp³-hybridized carbons (Fsp3) is 0.538. The van der Waals surface area contributed by atoms with E-state index in [9.17, 15) is 5.11 Å². The van der Waals surface area contributed by atoms with Crippen LogP contribution in [0.4, 0.5) is 0 Å². The summed E-state index contributed by atoms with van der Waals surface area (Å²) in [5, 5.41) is 9.44. The summed E-state index contributed by atoms with van der Waals surface area (Å²) in [7, 11) is 0. The minimum atomic E-state index is -0.178. The highest BCUT2D eigenvalue weighted by Gasteiger charge is 2.27. The van der Waals surface area contributed by atoms with E-state index < -0.39 is 0 Å². The molecule has 0 radical (unpaired) electrons. The zero-order valence-corrected chi connectivity index (χ0v) is 8.90. The first-order chi connectivity index (χ1) is 6.68. The fourth-order valence-electron chi connectivity index (χ4n) is 2.22. The van der Waals surface area contributed by atoms with Crippen molar-refractivity contribution in [2.45, 2.75) is 38.7 Å². The summed E-state index contributed by atoms with van der Waals surface area (Å²) in [6.07, 6.45) is 2.14. The molecule has 0 aromatic heterocycles. The number of fused-ring (bicyclic) bond motifs is 1. The van der Waals surface area contributed by atoms with Gasteiger partial charge < -0.3 is 5.11 Å². The van der Waals surface area contributed by atoms with Gasteiger partial charge in [-0.15, -0.1) is 0 Å². The normalized spacial score (nSPS) is 23.5. The van der Waals surface area contributed by atoms with Crippen LogP contribution in [0.15, 0.2) is 24.3 Å². The lowest BCUT2D eigenvalue weighted by Gasteiger charge is -2.32. The molecule has 1 aromatic rings. The summed E-state index contributed by atoms with van der Waals surface area (Å²) < 4.78 is 0. The molecule has 1 heteroatoms. The summed E-state index contributed by atoms with van der Waals surface area (Å²) >= 11 is 0. The van der Waals surface area contributed by atoms with Crippen molar-refractivity contribution in [1.29, 1.82) is 0 Å². The summed E-state index contributed by atoms with van der Waals surface area (Å²) in [5.74, 6) is 1.10. The van der Waals surface area contributed by atoms with Crippen molar-refractivity contribution < 1.29 is 5.11 Å². The molecule has 3 unspecified atom stereocenters. The van der Waals surface area contributed by atoms with Gasteiger partial charge in [-0.05, 0) is 42.7 Å². The van der Waals surface area contributed by atoms with Crippen molar-refractivity contribution in [1.82, 2.24) is 0 Å². The van der Waals surface area contributed by atoms with Crippen LogP contribution in [-0.4, -0.2) is 11.2 Å². The second kappa shape index (κ2) is 3.74. The number of hydrogen-bond acceptors (Lipinski definition) is 1. The Kier molecular flexibility index (Phi) is 2.60. The second-order valence-corrected chi connectivity index (χ2v) is 4.55. The van der Waals surface area contributed by atoms with Gasteiger partial charge in [-0.1, -0.05) is 31.2 Å². The second-order valence-electron chi connectivity index (χ2n) is 4.55. The van der Waals surface area contributed by atoms with E-state index >= 15 is 0 Å². The van der Waals surface area contributed by atoms with Crippen LogP contribution in [0.5, 0.6) is 0 Å². The Morgan fingerprint density at radius 3 is 2.71 bits per heavy atom. The van der Waals surface area contributed by atoms with Crippen molar-refractivity contribution in [3.05, 3.63) is 35.4 Å². The quantitative estimate of drug-likeness (QED) is 0.777. The average molecular weight is 190 g/mol. The third-order valence-electron chi connectivity index (χ3n) is 3.44. The van der Waals surface area contributed by atoms with Gasteiger partial charge in [-0.3, -0.25) is 0 Å². The molecular formula is C13H18O. The zero-order chi connectivity index (χ0) is 10.1. The van der Waals surface area contributed by atoms with Crippen LogP contribution in [0.3, 0.4) is 0 Å². The third kappa shape index (κ3) is 1.69. The Labute approximate surface area is 85.8 Å². The van der Waals surface area contributed by atoms with Crippen LogP contribution in [-0.2, 0) is 6.42 Å². The highest BCUT2D eigenvalue weighted by molar-refractivity contribution is 5.39. The molecule has 1 aliphatic carbocycles. The van der Waals surface area contributed by atoms with Gasteiger partial charge in [0.1, 0.15) is 0 Å². The topological polar surface area (TPSA) is 20.2 Å². The van der Waals surface area contributed by atoms with E-state index in [4.69, 9.17) is 0 Å². The summed E-state index contributed by atoms with van der Waals surface area (Å²) in [6.45, 7) is 4.01. The Morgan fingerprint density at radius 1 is 1.36 bits per heavy atom. The minimum absolute atomic E-state index is 0.178. The SMILES string of the molecule is CC(O)C(C)CC1Cc2ccccc21. The maximum absolute atomic E-state index is 9.44. The first-order valence-electron chi connectivity index (χ1n) is 5.44. The van der Waals surface area contributed by atoms with Crippen LogP contribution in [0.2, 0.25) is 0 Å². The molecule has 1 nitrogen and oxygen atoms in total. The van der Waals surface area contributed by atoms with Crippen LogP contribution >= 0.6 is 0 Å². The van der Waals surface area contributed by atoms with Gasteiger partial charge in [0.15, 0.2) is 0 Å². The van der Waals surface area contributed by atoms with Crippen LogP contribution in [0.1, 0.15) is 37.3 Å². The van der Waals surface area contributed by atoms with Gasteiger partial charge in [0.2, 0.25) is 0 Å². The van der Waals surface area contributed by atoms with Crippen molar-refractivity contribution in [3.8, 4) is 0 Å². The van der Waals surface area contributed by atoms with E-state index in [1.165, 1.54) is 17.5 Å². The largest absolute Gasteiger partial charge is 0.393 e. The molecule has 0 bridgehead atoms. The van der Waals surface area contributed by atoms with Gasteiger partial charge in [-0.25, -0.2) is 0 Å². The van der Waals surface area contributed by atoms with Gasteiger partial charge in [0.25, 0.3) is 0 Å². The number of aliphatic hydroxyl groups is 1. The lowest BCUT2D eigenvalue weighted by Crippen LogP contribution is -2.23. The third-order valence-corrected chi connectivity index (χ3v) is 3.44. The lowest BCUT2D eigenvalue weighted by molar-refractivity contribution is 0.123. The van der Waals surface area contributed by atoms with Crippen LogP contribution in [0.25, 0.3) is 0 Å². The van der Waals surface area contributed by atoms with Crippen LogP contribution < -0.4 is 0 Å². The number of aliphatic hydroxyl groups excluding tert-OH is 1. The highest BCUT2D eigenvalue weighted by atomic mass is 16.3. The minimum Gasteiger partial charge on any atom is -0.393 e. The zero-order valence-electron chi connectivity index (χ0n) is 8.90. The van der Waals surface area contributed by atoms with E-state index in [1.807, 2.05) is 6.92 Å². The Bertz CT molecular complexity index is 317. The van der Waals surface area contributed by atoms with Gasteiger partial charge in [0, 0.05) is 0 Å². The number of hydrogen-bond donors (Lipinski definition) is 1. The predicted molar refractivity (Wildman–Crippen MR) is 58.3 cm³/mol. The Balaban J connectivity index is 1.99.